The number of carbonyl (C=O) groups excluding carboxylic acids is 1. The summed E-state index contributed by atoms with van der Waals surface area (Å²) in [5.41, 5.74) is 10.5. The van der Waals surface area contributed by atoms with Crippen LogP contribution in [-0.2, 0) is 45.8 Å². The number of ether oxygens (including phenoxy) is 2. The number of primary amides is 1. The first-order valence-corrected chi connectivity index (χ1v) is 17.8. The van der Waals surface area contributed by atoms with Crippen molar-refractivity contribution in [1.29, 1.82) is 0 Å². The van der Waals surface area contributed by atoms with Gasteiger partial charge in [0, 0.05) is 20.7 Å². The Hall–Kier alpha value is -2.73. The first-order valence-electron chi connectivity index (χ1n) is 14.3. The van der Waals surface area contributed by atoms with Crippen LogP contribution in [-0.4, -0.2) is 121 Å². The van der Waals surface area contributed by atoms with Crippen molar-refractivity contribution >= 4 is 46.4 Å². The Labute approximate surface area is 271 Å². The lowest BCUT2D eigenvalue weighted by Crippen LogP contribution is -2.40. The first kappa shape index (κ1) is 33.8. The van der Waals surface area contributed by atoms with Crippen LogP contribution in [0.2, 0.25) is 0 Å². The molecule has 0 radical (unpaired) electrons. The molecule has 2 fully saturated rings. The number of phosphoric ester groups is 3. The average Bonchev–Trinajstić information content (AvgIpc) is 3.64. The van der Waals surface area contributed by atoms with Gasteiger partial charge in [-0.1, -0.05) is 6.08 Å². The van der Waals surface area contributed by atoms with Gasteiger partial charge in [0.25, 0.3) is 0 Å². The van der Waals surface area contributed by atoms with E-state index in [1.54, 1.807) is 0 Å². The number of aromatic nitrogens is 4. The lowest BCUT2D eigenvalue weighted by atomic mass is 10.1. The van der Waals surface area contributed by atoms with Crippen molar-refractivity contribution in [3.8, 4) is 0 Å². The molecule has 0 aromatic carbocycles. The molecule has 1 amide bonds. The smallest absolute Gasteiger partial charge is 0.387 e. The van der Waals surface area contributed by atoms with Gasteiger partial charge in [-0.25, -0.2) is 28.6 Å². The van der Waals surface area contributed by atoms with Gasteiger partial charge in [0.05, 0.1) is 19.5 Å². The monoisotopic (exact) mass is 747 g/mol. The van der Waals surface area contributed by atoms with E-state index in [0.29, 0.717) is 0 Å². The minimum atomic E-state index is -5.57. The van der Waals surface area contributed by atoms with Gasteiger partial charge in [-0.05, 0) is 6.37 Å². The van der Waals surface area contributed by atoms with Crippen molar-refractivity contribution < 1.29 is 83.5 Å². The molecule has 3 aliphatic heterocycles. The summed E-state index contributed by atoms with van der Waals surface area (Å²) in [7, 11) is -16.4. The predicted molar refractivity (Wildman–Crippen MR) is 153 cm³/mol. The number of aliphatic hydroxyl groups is 3. The Kier molecular flexibility index (Phi) is 9.76. The topological polar surface area (TPSA) is 364 Å². The van der Waals surface area contributed by atoms with Crippen LogP contribution < -0.4 is 11.5 Å². The van der Waals surface area contributed by atoms with E-state index < -0.39 is 104 Å². The van der Waals surface area contributed by atoms with Crippen molar-refractivity contribution in [2.45, 2.75) is 55.5 Å². The van der Waals surface area contributed by atoms with E-state index >= 15 is 0 Å². The molecule has 10 atom stereocenters. The highest BCUT2D eigenvalue weighted by atomic mass is 31.3. The number of amides is 1. The third-order valence-electron chi connectivity index (χ3n) is 6.90. The lowest BCUT2D eigenvalue weighted by molar-refractivity contribution is -0.115. The number of fused-ring (bicyclic) bond motifs is 1. The number of phosphoric acid groups is 3. The molecule has 0 bridgehead atoms. The molecule has 24 nitrogen and oxygen atoms in total. The van der Waals surface area contributed by atoms with E-state index in [4.69, 9.17) is 23.7 Å². The molecular weight excluding hydrogens is 715 g/mol. The predicted octanol–water partition coefficient (Wildman–Crippen LogP) is -2.57. The number of aliphatic hydroxyl groups excluding tert-OH is 3. The summed E-state index contributed by atoms with van der Waals surface area (Å²) in [5.74, 6) is -1.19. The fraction of sp³-hybridized carbons (Fsp3) is 0.524. The average molecular weight is 747 g/mol. The maximum Gasteiger partial charge on any atom is 0.481 e. The van der Waals surface area contributed by atoms with Gasteiger partial charge in [-0.2, -0.15) is 4.31 Å². The maximum atomic E-state index is 12.6. The van der Waals surface area contributed by atoms with Crippen LogP contribution in [0.5, 0.6) is 0 Å². The van der Waals surface area contributed by atoms with Crippen LogP contribution >= 0.6 is 23.5 Å². The Bertz CT molecular complexity index is 1830. The fourth-order valence-electron chi connectivity index (χ4n) is 4.77. The highest BCUT2D eigenvalue weighted by molar-refractivity contribution is 7.61. The summed E-state index contributed by atoms with van der Waals surface area (Å²) in [4.78, 5) is 63.4. The minimum absolute atomic E-state index is 0.0117. The summed E-state index contributed by atoms with van der Waals surface area (Å²) in [5, 5.41) is 31.6. The number of nitrogens with two attached hydrogens (primary N) is 2. The number of rotatable bonds is 13. The van der Waals surface area contributed by atoms with Crippen molar-refractivity contribution in [1.82, 2.24) is 24.4 Å². The number of hydrogen-bond donors (Lipinski definition) is 9. The number of nitrogens with zero attached hydrogens (tertiary/aromatic N) is 5. The van der Waals surface area contributed by atoms with Crippen LogP contribution in [0.4, 0.5) is 5.82 Å². The zero-order valence-corrected chi connectivity index (χ0v) is 26.5. The van der Waals surface area contributed by atoms with E-state index in [0.717, 1.165) is 40.6 Å². The summed E-state index contributed by atoms with van der Waals surface area (Å²) in [6.07, 6.45) is -10.9. The third kappa shape index (κ3) is 8.17. The van der Waals surface area contributed by atoms with Gasteiger partial charge in [0.15, 0.2) is 23.9 Å². The second-order valence-electron chi connectivity index (χ2n) is 10.2. The Morgan fingerprint density at radius 2 is 1.60 bits per heavy atom. The molecule has 2 saturated heterocycles. The molecule has 5 heterocycles. The van der Waals surface area contributed by atoms with Crippen LogP contribution in [0.25, 0.3) is 11.2 Å². The quantitative estimate of drug-likeness (QED) is 0.0951. The maximum absolute atomic E-state index is 12.6. The van der Waals surface area contributed by atoms with E-state index in [-0.39, 0.29) is 17.0 Å². The first-order chi connectivity index (χ1) is 23.1. The number of imidazole rings is 1. The van der Waals surface area contributed by atoms with Crippen molar-refractivity contribution in [3.05, 3.63) is 36.7 Å². The number of nitrogen functional groups attached to an aromatic ring is 1. The van der Waals surface area contributed by atoms with E-state index in [1.165, 1.54) is 0 Å². The molecule has 2 aromatic rings. The van der Waals surface area contributed by atoms with Gasteiger partial charge in [0.1, 0.15) is 48.5 Å². The molecule has 48 heavy (non-hydrogen) atoms. The summed E-state index contributed by atoms with van der Waals surface area (Å²) in [6.45, 7) is -2.13. The molecule has 0 aliphatic carbocycles. The molecule has 27 heteroatoms. The van der Waals surface area contributed by atoms with Crippen LogP contribution in [0, 0.1) is 0 Å². The number of carbonyl (C=O) groups is 1. The van der Waals surface area contributed by atoms with E-state index in [9.17, 15) is 53.4 Å². The van der Waals surface area contributed by atoms with Crippen LogP contribution in [0.3, 0.4) is 0 Å². The fourth-order valence-corrected chi connectivity index (χ4v) is 7.41. The van der Waals surface area contributed by atoms with Crippen LogP contribution in [0.15, 0.2) is 36.7 Å². The molecule has 2 aromatic heterocycles. The number of anilines is 1. The Morgan fingerprint density at radius 3 is 2.23 bits per heavy atom. The molecular formula is C21H30N7O17P3. The number of hydrogen-bond acceptors (Lipinski definition) is 18. The molecule has 3 aliphatic rings. The second kappa shape index (κ2) is 13.9. The van der Waals surface area contributed by atoms with Crippen molar-refractivity contribution in [2.75, 3.05) is 18.9 Å². The highest BCUT2D eigenvalue weighted by Crippen LogP contribution is 2.61. The van der Waals surface area contributed by atoms with E-state index in [2.05, 4.69) is 32.8 Å². The van der Waals surface area contributed by atoms with Gasteiger partial charge in [-0.3, -0.25) is 22.9 Å². The molecule has 11 N–H and O–H groups in total. The molecule has 2 unspecified atom stereocenters. The summed E-state index contributed by atoms with van der Waals surface area (Å²) < 4.78 is 82.8. The molecule has 266 valence electrons. The standard InChI is InChI=1S/C21H30N7O17P3/c22-17-12-19(25-7-24-17)28(8-26-12)21-16(44-46(33,34)35)14(30)11(43-21)6-41-48(38,39)45-47(36,37)40-5-10-13(29)15(31)20(42-10)27-3-1-2-9(4-27)18(23)32/h1,3-4,7-8,10-11,13-16,20-21,29-31H,2,5-6H2,(H2,23,32)(H,36,37)(H,38,39)(H2,22,24,25)(H2,33,34,35)/t10-,11-,13-,14-,15-,16-,20-,21-/m1/s1/i2D2. The SMILES string of the molecule is [2H]C1([2H])C=CN([C@@H]2O[C@H](COP(=O)(O)OP(=O)(O)OC[C@H]3O[C@@H](n4cnc5c(N)ncnc54)[C@H](OP(=O)(O)O)[C@@H]3O)[C@@H](O)[C@H]2O)C=C1C(N)=O. The third-order valence-corrected chi connectivity index (χ3v) is 10.0. The van der Waals surface area contributed by atoms with Crippen LogP contribution in [0.1, 0.15) is 15.3 Å². The Balaban J connectivity index is 1.20. The Morgan fingerprint density at radius 1 is 0.979 bits per heavy atom. The number of allylic oxidation sites excluding steroid dienone is 1. The van der Waals surface area contributed by atoms with Crippen molar-refractivity contribution in [2.24, 2.45) is 5.73 Å². The van der Waals surface area contributed by atoms with E-state index in [1.807, 2.05) is 0 Å². The summed E-state index contributed by atoms with van der Waals surface area (Å²) >= 11 is 0. The molecule has 5 rings (SSSR count). The lowest BCUT2D eigenvalue weighted by Gasteiger charge is -2.28. The van der Waals surface area contributed by atoms with Gasteiger partial charge in [0.2, 0.25) is 5.91 Å². The van der Waals surface area contributed by atoms with Crippen molar-refractivity contribution in [3.63, 3.8) is 0 Å². The zero-order chi connectivity index (χ0) is 37.0. The minimum Gasteiger partial charge on any atom is -0.387 e. The van der Waals surface area contributed by atoms with Gasteiger partial charge >= 0.3 is 23.5 Å². The second-order valence-corrected chi connectivity index (χ2v) is 14.4. The molecule has 0 spiro atoms. The highest BCUT2D eigenvalue weighted by Gasteiger charge is 2.51. The molecule has 0 saturated carbocycles. The van der Waals surface area contributed by atoms with Gasteiger partial charge in [-0.15, -0.1) is 0 Å². The zero-order valence-electron chi connectivity index (χ0n) is 25.9. The summed E-state index contributed by atoms with van der Waals surface area (Å²) in [6, 6.07) is 0. The normalized spacial score (nSPS) is 33.6. The largest absolute Gasteiger partial charge is 0.481 e. The van der Waals surface area contributed by atoms with Gasteiger partial charge < -0.3 is 60.7 Å².